The minimum atomic E-state index is -1.28. The molecule has 318 valence electrons. The number of carboxylic acid groups (broad SMARTS) is 1. The van der Waals surface area contributed by atoms with Crippen LogP contribution in [-0.4, -0.2) is 106 Å². The molecular formula is C42H49N7O11. The molecule has 2 fully saturated rings. The molecule has 2 aromatic carbocycles. The van der Waals surface area contributed by atoms with Gasteiger partial charge < -0.3 is 53.5 Å². The monoisotopic (exact) mass is 827 g/mol. The first-order valence-corrected chi connectivity index (χ1v) is 19.9. The fourth-order valence-electron chi connectivity index (χ4n) is 7.82. The highest BCUT2D eigenvalue weighted by Crippen LogP contribution is 2.42. The van der Waals surface area contributed by atoms with Gasteiger partial charge in [-0.3, -0.25) is 14.4 Å². The first kappa shape index (κ1) is 41.7. The number of hydrogen-bond donors (Lipinski definition) is 3. The van der Waals surface area contributed by atoms with Gasteiger partial charge in [-0.05, 0) is 74.8 Å². The van der Waals surface area contributed by atoms with Gasteiger partial charge in [0, 0.05) is 63.4 Å². The molecule has 3 aliphatic heterocycles. The van der Waals surface area contributed by atoms with E-state index in [0.29, 0.717) is 37.4 Å². The number of nitrogens with one attached hydrogen (secondary N) is 2. The van der Waals surface area contributed by atoms with Gasteiger partial charge in [-0.25, -0.2) is 19.5 Å². The summed E-state index contributed by atoms with van der Waals surface area (Å²) in [5.74, 6) is -0.914. The van der Waals surface area contributed by atoms with Gasteiger partial charge in [0.1, 0.15) is 5.69 Å². The standard InChI is InChI=1S/C42H49N7O11/c1-46-23-26(20-31(46)41(53)57-4)25-13-15-27(16-14-25)43-38(51)37-45-34(24-47(37)2)44-35(50)11-9-19-58-33-22-30-28(21-32(33)56-3)39(52)48-17-7-5-10-29(48)40(49(30)42(54)55)60-36-12-6-8-18-59-36/h13-16,20-24,29,36,40H,5-12,17-19H2,1-4H3,(H,43,51)(H,44,50)(H,54,55)/t29-,36?,40?/m0/s1. The van der Waals surface area contributed by atoms with Crippen LogP contribution in [0.2, 0.25) is 0 Å². The predicted molar refractivity (Wildman–Crippen MR) is 217 cm³/mol. The van der Waals surface area contributed by atoms with Crippen LogP contribution in [0, 0.1) is 0 Å². The molecule has 4 amide bonds. The van der Waals surface area contributed by atoms with E-state index < -0.39 is 36.5 Å². The summed E-state index contributed by atoms with van der Waals surface area (Å²) in [6.07, 6.45) is 5.33. The number of aromatic nitrogens is 3. The number of methoxy groups -OCH3 is 2. The fourth-order valence-corrected chi connectivity index (χ4v) is 7.82. The zero-order chi connectivity index (χ0) is 42.5. The van der Waals surface area contributed by atoms with Crippen molar-refractivity contribution in [3.8, 4) is 22.6 Å². The van der Waals surface area contributed by atoms with Crippen molar-refractivity contribution in [3.05, 3.63) is 71.9 Å². The Morgan fingerprint density at radius 3 is 2.42 bits per heavy atom. The van der Waals surface area contributed by atoms with Crippen LogP contribution in [0.4, 0.5) is 22.0 Å². The Labute approximate surface area is 346 Å². The summed E-state index contributed by atoms with van der Waals surface area (Å²) in [5, 5.41) is 16.1. The second-order valence-electron chi connectivity index (χ2n) is 14.9. The number of ether oxygens (including phenoxy) is 5. The minimum Gasteiger partial charge on any atom is -0.493 e. The number of amides is 4. The molecule has 0 aliphatic carbocycles. The molecule has 7 rings (SSSR count). The lowest BCUT2D eigenvalue weighted by atomic mass is 10.00. The van der Waals surface area contributed by atoms with Crippen molar-refractivity contribution in [1.29, 1.82) is 0 Å². The topological polar surface area (TPSA) is 205 Å². The maximum Gasteiger partial charge on any atom is 0.414 e. The van der Waals surface area contributed by atoms with Gasteiger partial charge in [0.2, 0.25) is 11.7 Å². The summed E-state index contributed by atoms with van der Waals surface area (Å²) < 4.78 is 31.9. The zero-order valence-electron chi connectivity index (χ0n) is 34.0. The number of piperidine rings is 1. The molecule has 18 heteroatoms. The number of rotatable bonds is 13. The molecule has 3 atom stereocenters. The summed E-state index contributed by atoms with van der Waals surface area (Å²) in [5.41, 5.74) is 2.85. The third-order valence-corrected chi connectivity index (χ3v) is 10.8. The Morgan fingerprint density at radius 2 is 1.70 bits per heavy atom. The molecule has 2 unspecified atom stereocenters. The van der Waals surface area contributed by atoms with E-state index >= 15 is 0 Å². The quantitative estimate of drug-likeness (QED) is 0.111. The largest absolute Gasteiger partial charge is 0.493 e. The lowest BCUT2D eigenvalue weighted by molar-refractivity contribution is -0.198. The lowest BCUT2D eigenvalue weighted by Crippen LogP contribution is -2.57. The third-order valence-electron chi connectivity index (χ3n) is 10.8. The summed E-state index contributed by atoms with van der Waals surface area (Å²) in [6.45, 7) is 1.03. The minimum absolute atomic E-state index is 0.0356. The number of fused-ring (bicyclic) bond motifs is 2. The van der Waals surface area contributed by atoms with Gasteiger partial charge in [0.15, 0.2) is 29.8 Å². The van der Waals surface area contributed by atoms with E-state index in [-0.39, 0.29) is 65.7 Å². The number of imidazole rings is 1. The van der Waals surface area contributed by atoms with E-state index in [0.717, 1.165) is 41.7 Å². The van der Waals surface area contributed by atoms with Crippen molar-refractivity contribution in [2.24, 2.45) is 14.1 Å². The number of carbonyl (C=O) groups excluding carboxylic acids is 4. The summed E-state index contributed by atoms with van der Waals surface area (Å²) in [4.78, 5) is 72.2. The average molecular weight is 828 g/mol. The number of anilines is 3. The second-order valence-corrected chi connectivity index (χ2v) is 14.9. The highest BCUT2D eigenvalue weighted by Gasteiger charge is 2.46. The van der Waals surface area contributed by atoms with Crippen molar-refractivity contribution in [3.63, 3.8) is 0 Å². The van der Waals surface area contributed by atoms with Crippen molar-refractivity contribution in [2.45, 2.75) is 69.9 Å². The fraction of sp³-hybridized carbons (Fsp3) is 0.429. The third kappa shape index (κ3) is 8.93. The smallest absolute Gasteiger partial charge is 0.414 e. The first-order chi connectivity index (χ1) is 28.9. The second kappa shape index (κ2) is 18.3. The number of aryl methyl sites for hydroxylation is 2. The van der Waals surface area contributed by atoms with Gasteiger partial charge in [0.25, 0.3) is 11.8 Å². The van der Waals surface area contributed by atoms with Crippen LogP contribution in [0.25, 0.3) is 11.1 Å². The molecule has 4 aromatic rings. The highest BCUT2D eigenvalue weighted by molar-refractivity contribution is 6.06. The molecule has 0 radical (unpaired) electrons. The van der Waals surface area contributed by atoms with Gasteiger partial charge in [-0.2, -0.15) is 0 Å². The Morgan fingerprint density at radius 1 is 0.917 bits per heavy atom. The average Bonchev–Trinajstić information content (AvgIpc) is 3.80. The van der Waals surface area contributed by atoms with Crippen LogP contribution < -0.4 is 25.0 Å². The van der Waals surface area contributed by atoms with Crippen LogP contribution in [0.5, 0.6) is 11.5 Å². The van der Waals surface area contributed by atoms with E-state index in [1.54, 1.807) is 41.8 Å². The summed E-state index contributed by atoms with van der Waals surface area (Å²) in [7, 11) is 6.15. The van der Waals surface area contributed by atoms with Crippen LogP contribution in [-0.2, 0) is 33.1 Å². The van der Waals surface area contributed by atoms with Crippen molar-refractivity contribution < 1.29 is 52.8 Å². The van der Waals surface area contributed by atoms with E-state index in [2.05, 4.69) is 15.6 Å². The maximum absolute atomic E-state index is 14.0. The van der Waals surface area contributed by atoms with Gasteiger partial charge >= 0.3 is 12.1 Å². The predicted octanol–water partition coefficient (Wildman–Crippen LogP) is 5.63. The van der Waals surface area contributed by atoms with Crippen LogP contribution >= 0.6 is 0 Å². The first-order valence-electron chi connectivity index (χ1n) is 19.9. The summed E-state index contributed by atoms with van der Waals surface area (Å²) in [6, 6.07) is 11.3. The number of benzene rings is 2. The Hall–Kier alpha value is -6.40. The van der Waals surface area contributed by atoms with Gasteiger partial charge in [0.05, 0.1) is 38.1 Å². The molecular weight excluding hydrogens is 778 g/mol. The SMILES string of the molecule is COC(=O)c1cc(-c2ccc(NC(=O)c3nc(NC(=O)CCCOc4cc5c(cc4OC)C(=O)N4CCCC[C@H]4C(OC4CCCCO4)N5C(=O)O)cn3C)cc2)cn1C. The van der Waals surface area contributed by atoms with Gasteiger partial charge in [-0.1, -0.05) is 12.1 Å². The molecule has 2 saturated heterocycles. The van der Waals surface area contributed by atoms with Gasteiger partial charge in [-0.15, -0.1) is 0 Å². The summed E-state index contributed by atoms with van der Waals surface area (Å²) >= 11 is 0. The van der Waals surface area contributed by atoms with Crippen LogP contribution in [0.15, 0.2) is 54.9 Å². The van der Waals surface area contributed by atoms with E-state index in [4.69, 9.17) is 23.7 Å². The molecule has 3 aliphatic rings. The maximum atomic E-state index is 14.0. The van der Waals surface area contributed by atoms with Crippen molar-refractivity contribution in [2.75, 3.05) is 49.5 Å². The molecule has 0 spiro atoms. The van der Waals surface area contributed by atoms with Crippen molar-refractivity contribution in [1.82, 2.24) is 19.0 Å². The molecule has 0 bridgehead atoms. The van der Waals surface area contributed by atoms with Crippen LogP contribution in [0.1, 0.15) is 82.8 Å². The number of nitrogens with zero attached hydrogens (tertiary/aromatic N) is 5. The molecule has 2 aromatic heterocycles. The molecule has 18 nitrogen and oxygen atoms in total. The molecule has 0 saturated carbocycles. The molecule has 3 N–H and O–H groups in total. The van der Waals surface area contributed by atoms with Crippen molar-refractivity contribution >= 4 is 47.0 Å². The number of esters is 1. The Balaban J connectivity index is 0.968. The lowest BCUT2D eigenvalue weighted by Gasteiger charge is -2.42. The van der Waals surface area contributed by atoms with E-state index in [1.165, 1.54) is 37.1 Å². The highest BCUT2D eigenvalue weighted by atomic mass is 16.7. The number of carbonyl (C=O) groups is 5. The zero-order valence-corrected chi connectivity index (χ0v) is 34.0. The molecule has 5 heterocycles. The van der Waals surface area contributed by atoms with E-state index in [9.17, 15) is 29.1 Å². The number of hydrogen-bond acceptors (Lipinski definition) is 11. The van der Waals surface area contributed by atoms with Crippen LogP contribution in [0.3, 0.4) is 0 Å². The van der Waals surface area contributed by atoms with E-state index in [1.807, 2.05) is 18.3 Å². The Bertz CT molecular complexity index is 2250. The molecule has 60 heavy (non-hydrogen) atoms. The normalized spacial score (nSPS) is 18.8. The Kier molecular flexibility index (Phi) is 12.7.